The average Bonchev–Trinajstić information content (AvgIpc) is 3.06. The van der Waals surface area contributed by atoms with Crippen molar-refractivity contribution in [2.75, 3.05) is 5.32 Å². The first-order valence-corrected chi connectivity index (χ1v) is 10.2. The molecule has 0 fully saturated rings. The van der Waals surface area contributed by atoms with E-state index in [1.54, 1.807) is 0 Å². The van der Waals surface area contributed by atoms with Crippen LogP contribution < -0.4 is 10.6 Å². The van der Waals surface area contributed by atoms with Crippen LogP contribution in [0.5, 0.6) is 0 Å². The lowest BCUT2D eigenvalue weighted by molar-refractivity contribution is -0.121. The van der Waals surface area contributed by atoms with E-state index >= 15 is 0 Å². The summed E-state index contributed by atoms with van der Waals surface area (Å²) in [6, 6.07) is 12.3. The highest BCUT2D eigenvalue weighted by Gasteiger charge is 2.12. The molecule has 2 aromatic heterocycles. The summed E-state index contributed by atoms with van der Waals surface area (Å²) in [5.74, 6) is 0.512. The summed E-state index contributed by atoms with van der Waals surface area (Å²) in [6.07, 6.45) is 2.12. The van der Waals surface area contributed by atoms with Gasteiger partial charge in [0, 0.05) is 22.8 Å². The van der Waals surface area contributed by atoms with Gasteiger partial charge in [-0.1, -0.05) is 30.3 Å². The highest BCUT2D eigenvalue weighted by molar-refractivity contribution is 7.13. The van der Waals surface area contributed by atoms with Gasteiger partial charge >= 0.3 is 0 Å². The fraction of sp³-hybridized carbons (Fsp3) is 0.333. The van der Waals surface area contributed by atoms with Crippen LogP contribution >= 0.6 is 11.3 Å². The van der Waals surface area contributed by atoms with Crippen LogP contribution in [0.4, 0.5) is 11.1 Å². The molecule has 0 saturated carbocycles. The molecule has 0 aliphatic carbocycles. The highest BCUT2D eigenvalue weighted by Crippen LogP contribution is 2.19. The molecule has 3 aromatic rings. The second-order valence-corrected chi connectivity index (χ2v) is 7.77. The number of amides is 1. The summed E-state index contributed by atoms with van der Waals surface area (Å²) >= 11 is 1.44. The number of rotatable bonds is 8. The van der Waals surface area contributed by atoms with Gasteiger partial charge in [0.05, 0.1) is 12.1 Å². The van der Waals surface area contributed by atoms with E-state index in [1.165, 1.54) is 16.9 Å². The first-order valence-electron chi connectivity index (χ1n) is 9.35. The Hall–Kier alpha value is -2.80. The summed E-state index contributed by atoms with van der Waals surface area (Å²) in [7, 11) is 0. The predicted molar refractivity (Wildman–Crippen MR) is 113 cm³/mol. The minimum atomic E-state index is -0.0138. The van der Waals surface area contributed by atoms with Gasteiger partial charge in [0.15, 0.2) is 5.13 Å². The van der Waals surface area contributed by atoms with Crippen LogP contribution in [0.3, 0.4) is 0 Å². The van der Waals surface area contributed by atoms with Crippen molar-refractivity contribution in [1.82, 2.24) is 20.3 Å². The second kappa shape index (κ2) is 9.41. The Kier molecular flexibility index (Phi) is 6.71. The van der Waals surface area contributed by atoms with Crippen molar-refractivity contribution in [3.8, 4) is 0 Å². The zero-order valence-corrected chi connectivity index (χ0v) is 17.2. The van der Waals surface area contributed by atoms with Gasteiger partial charge in [-0.3, -0.25) is 4.79 Å². The van der Waals surface area contributed by atoms with E-state index < -0.39 is 0 Å². The number of benzene rings is 1. The molecule has 1 unspecified atom stereocenters. The first-order chi connectivity index (χ1) is 13.5. The summed E-state index contributed by atoms with van der Waals surface area (Å²) < 4.78 is 0. The number of anilines is 2. The largest absolute Gasteiger partial charge is 0.353 e. The van der Waals surface area contributed by atoms with E-state index in [4.69, 9.17) is 0 Å². The molecule has 3 rings (SSSR count). The summed E-state index contributed by atoms with van der Waals surface area (Å²) in [5.41, 5.74) is 3.82. The molecule has 1 aromatic carbocycles. The number of aryl methyl sites for hydroxylation is 3. The zero-order valence-electron chi connectivity index (χ0n) is 16.4. The number of nitrogens with one attached hydrogen (secondary N) is 2. The summed E-state index contributed by atoms with van der Waals surface area (Å²) in [4.78, 5) is 25.5. The van der Waals surface area contributed by atoms with Gasteiger partial charge in [0.1, 0.15) is 0 Å². The molecule has 6 nitrogen and oxygen atoms in total. The molecule has 2 heterocycles. The van der Waals surface area contributed by atoms with Crippen molar-refractivity contribution in [3.63, 3.8) is 0 Å². The Labute approximate surface area is 169 Å². The highest BCUT2D eigenvalue weighted by atomic mass is 32.1. The number of aromatic nitrogens is 3. The molecule has 0 spiro atoms. The molecule has 0 bridgehead atoms. The van der Waals surface area contributed by atoms with E-state index in [0.29, 0.717) is 11.1 Å². The quantitative estimate of drug-likeness (QED) is 0.603. The van der Waals surface area contributed by atoms with E-state index in [1.807, 2.05) is 50.4 Å². The lowest BCUT2D eigenvalue weighted by atomic mass is 10.1. The second-order valence-electron chi connectivity index (χ2n) is 6.91. The minimum Gasteiger partial charge on any atom is -0.353 e. The van der Waals surface area contributed by atoms with Crippen LogP contribution in [0.25, 0.3) is 0 Å². The van der Waals surface area contributed by atoms with E-state index in [0.717, 1.165) is 29.9 Å². The molecule has 0 aliphatic heterocycles. The molecule has 146 valence electrons. The van der Waals surface area contributed by atoms with E-state index in [2.05, 4.69) is 37.7 Å². The zero-order chi connectivity index (χ0) is 19.9. The Morgan fingerprint density at radius 1 is 1.11 bits per heavy atom. The van der Waals surface area contributed by atoms with Crippen LogP contribution in [-0.4, -0.2) is 26.9 Å². The molecule has 1 atom stereocenters. The number of hydrogen-bond acceptors (Lipinski definition) is 6. The molecule has 0 radical (unpaired) electrons. The first kappa shape index (κ1) is 19.9. The van der Waals surface area contributed by atoms with Crippen LogP contribution in [0.15, 0.2) is 41.8 Å². The number of thiazole rings is 1. The average molecular weight is 396 g/mol. The maximum Gasteiger partial charge on any atom is 0.229 e. The van der Waals surface area contributed by atoms with Crippen LogP contribution in [0.1, 0.15) is 36.0 Å². The van der Waals surface area contributed by atoms with Crippen molar-refractivity contribution in [2.24, 2.45) is 0 Å². The molecular formula is C21H25N5OS. The molecule has 1 amide bonds. The molecule has 0 saturated heterocycles. The molecular weight excluding hydrogens is 370 g/mol. The van der Waals surface area contributed by atoms with Gasteiger partial charge in [-0.25, -0.2) is 15.0 Å². The van der Waals surface area contributed by atoms with Crippen LogP contribution in [-0.2, 0) is 17.6 Å². The van der Waals surface area contributed by atoms with Crippen molar-refractivity contribution < 1.29 is 4.79 Å². The van der Waals surface area contributed by atoms with Crippen LogP contribution in [0.2, 0.25) is 0 Å². The van der Waals surface area contributed by atoms with Gasteiger partial charge in [-0.15, -0.1) is 11.3 Å². The van der Waals surface area contributed by atoms with Crippen molar-refractivity contribution >= 4 is 28.3 Å². The SMILES string of the molecule is Cc1cc(C)nc(Nc2nc(CC(=O)NC(C)CCc3ccccc3)cs2)n1. The fourth-order valence-electron chi connectivity index (χ4n) is 2.91. The summed E-state index contributed by atoms with van der Waals surface area (Å²) in [6.45, 7) is 5.89. The van der Waals surface area contributed by atoms with Crippen LogP contribution in [0, 0.1) is 13.8 Å². The standard InChI is InChI=1S/C21H25N5OS/c1-14(9-10-17-7-5-4-6-8-17)22-19(27)12-18-13-28-21(25-18)26-20-23-15(2)11-16(3)24-20/h4-8,11,13-14H,9-10,12H2,1-3H3,(H,22,27)(H,23,24,25,26). The minimum absolute atomic E-state index is 0.0138. The number of carbonyl (C=O) groups excluding carboxylic acids is 1. The third-order valence-electron chi connectivity index (χ3n) is 4.21. The Balaban J connectivity index is 1.48. The van der Waals surface area contributed by atoms with Crippen molar-refractivity contribution in [3.05, 3.63) is 64.4 Å². The number of carbonyl (C=O) groups is 1. The molecule has 0 aliphatic rings. The summed E-state index contributed by atoms with van der Waals surface area (Å²) in [5, 5.41) is 8.74. The van der Waals surface area contributed by atoms with Gasteiger partial charge < -0.3 is 10.6 Å². The predicted octanol–water partition coefficient (Wildman–Crippen LogP) is 3.97. The topological polar surface area (TPSA) is 79.8 Å². The third-order valence-corrected chi connectivity index (χ3v) is 5.02. The Morgan fingerprint density at radius 2 is 1.82 bits per heavy atom. The van der Waals surface area contributed by atoms with E-state index in [-0.39, 0.29) is 18.4 Å². The fourth-order valence-corrected chi connectivity index (χ4v) is 3.62. The van der Waals surface area contributed by atoms with Gasteiger partial charge in [0.2, 0.25) is 11.9 Å². The molecule has 2 N–H and O–H groups in total. The smallest absolute Gasteiger partial charge is 0.229 e. The van der Waals surface area contributed by atoms with Gasteiger partial charge in [-0.05, 0) is 45.2 Å². The molecule has 28 heavy (non-hydrogen) atoms. The van der Waals surface area contributed by atoms with Gasteiger partial charge in [0.25, 0.3) is 0 Å². The Morgan fingerprint density at radius 3 is 2.54 bits per heavy atom. The maximum atomic E-state index is 12.3. The lowest BCUT2D eigenvalue weighted by Gasteiger charge is -2.13. The van der Waals surface area contributed by atoms with Gasteiger partial charge in [-0.2, -0.15) is 0 Å². The monoisotopic (exact) mass is 395 g/mol. The molecule has 7 heteroatoms. The lowest BCUT2D eigenvalue weighted by Crippen LogP contribution is -2.34. The number of hydrogen-bond donors (Lipinski definition) is 2. The number of nitrogens with zero attached hydrogens (tertiary/aromatic N) is 3. The van der Waals surface area contributed by atoms with E-state index in [9.17, 15) is 4.79 Å². The Bertz CT molecular complexity index is 905. The van der Waals surface area contributed by atoms with Crippen molar-refractivity contribution in [1.29, 1.82) is 0 Å². The van der Waals surface area contributed by atoms with Crippen molar-refractivity contribution in [2.45, 2.75) is 46.1 Å². The third kappa shape index (κ3) is 6.13. The normalized spacial score (nSPS) is 11.8. The maximum absolute atomic E-state index is 12.3.